The van der Waals surface area contributed by atoms with E-state index in [-0.39, 0.29) is 5.69 Å². The van der Waals surface area contributed by atoms with E-state index in [2.05, 4.69) is 17.2 Å². The molecule has 1 aromatic rings. The van der Waals surface area contributed by atoms with E-state index < -0.39 is 4.92 Å². The smallest absolute Gasteiger partial charge is 0.269 e. The van der Waals surface area contributed by atoms with Crippen LogP contribution in [0, 0.1) is 10.1 Å². The van der Waals surface area contributed by atoms with Crippen molar-refractivity contribution in [1.29, 1.82) is 0 Å². The van der Waals surface area contributed by atoms with E-state index in [9.17, 15) is 10.1 Å². The molecule has 0 heterocycles. The van der Waals surface area contributed by atoms with Gasteiger partial charge in [0.25, 0.3) is 5.69 Å². The molecule has 1 aromatic carbocycles. The van der Waals surface area contributed by atoms with Crippen LogP contribution >= 0.6 is 0 Å². The number of hydrogen-bond acceptors (Lipinski definition) is 5. The highest BCUT2D eigenvalue weighted by atomic mass is 16.6. The second-order valence-electron chi connectivity index (χ2n) is 3.98. The van der Waals surface area contributed by atoms with Crippen LogP contribution in [0.5, 0.6) is 0 Å². The van der Waals surface area contributed by atoms with E-state index >= 15 is 0 Å². The zero-order valence-corrected chi connectivity index (χ0v) is 10.1. The van der Waals surface area contributed by atoms with Gasteiger partial charge < -0.3 is 10.3 Å². The number of hydrazine groups is 1. The van der Waals surface area contributed by atoms with Crippen LogP contribution < -0.4 is 11.3 Å². The van der Waals surface area contributed by atoms with Crippen LogP contribution in [0.25, 0.3) is 0 Å². The third kappa shape index (κ3) is 3.69. The van der Waals surface area contributed by atoms with Crippen molar-refractivity contribution < 1.29 is 4.92 Å². The van der Waals surface area contributed by atoms with Crippen molar-refractivity contribution in [3.8, 4) is 0 Å². The van der Waals surface area contributed by atoms with Gasteiger partial charge in [0.2, 0.25) is 0 Å². The number of rotatable bonds is 6. The first-order valence-electron chi connectivity index (χ1n) is 5.51. The van der Waals surface area contributed by atoms with Gasteiger partial charge in [0, 0.05) is 18.7 Å². The molecule has 0 saturated heterocycles. The van der Waals surface area contributed by atoms with Gasteiger partial charge in [0.05, 0.1) is 10.6 Å². The molecule has 0 aliphatic carbocycles. The Kier molecular flexibility index (Phi) is 4.86. The molecule has 0 aromatic heterocycles. The lowest BCUT2D eigenvalue weighted by atomic mass is 10.1. The third-order valence-corrected chi connectivity index (χ3v) is 2.50. The number of nitro groups is 1. The van der Waals surface area contributed by atoms with E-state index in [4.69, 9.17) is 5.84 Å². The summed E-state index contributed by atoms with van der Waals surface area (Å²) in [6, 6.07) is 4.63. The predicted octanol–water partition coefficient (Wildman–Crippen LogP) is 1.72. The number of anilines is 1. The molecule has 0 aliphatic heterocycles. The van der Waals surface area contributed by atoms with Gasteiger partial charge >= 0.3 is 0 Å². The molecular weight excluding hydrogens is 220 g/mol. The number of benzene rings is 1. The van der Waals surface area contributed by atoms with E-state index in [0.29, 0.717) is 6.54 Å². The largest absolute Gasteiger partial charge is 0.324 e. The fourth-order valence-electron chi connectivity index (χ4n) is 1.72. The monoisotopic (exact) mass is 238 g/mol. The number of nitro benzene ring substituents is 1. The fourth-order valence-corrected chi connectivity index (χ4v) is 1.72. The Hall–Kier alpha value is -1.66. The summed E-state index contributed by atoms with van der Waals surface area (Å²) in [5, 5.41) is 10.7. The Morgan fingerprint density at radius 2 is 2.24 bits per heavy atom. The average Bonchev–Trinajstić information content (AvgIpc) is 2.29. The highest BCUT2D eigenvalue weighted by Crippen LogP contribution is 2.22. The summed E-state index contributed by atoms with van der Waals surface area (Å²) >= 11 is 0. The van der Waals surface area contributed by atoms with Crippen molar-refractivity contribution in [2.24, 2.45) is 5.84 Å². The van der Waals surface area contributed by atoms with Crippen LogP contribution in [0.15, 0.2) is 18.2 Å². The molecular formula is C11H18N4O2. The normalized spacial score (nSPS) is 10.6. The molecule has 17 heavy (non-hydrogen) atoms. The zero-order chi connectivity index (χ0) is 12.8. The highest BCUT2D eigenvalue weighted by Gasteiger charge is 2.11. The lowest BCUT2D eigenvalue weighted by Crippen LogP contribution is -2.20. The van der Waals surface area contributed by atoms with E-state index in [1.165, 1.54) is 6.07 Å². The van der Waals surface area contributed by atoms with Gasteiger partial charge in [-0.2, -0.15) is 0 Å². The predicted molar refractivity (Wildman–Crippen MR) is 67.5 cm³/mol. The molecule has 0 aliphatic rings. The van der Waals surface area contributed by atoms with Crippen LogP contribution in [0.2, 0.25) is 0 Å². The summed E-state index contributed by atoms with van der Waals surface area (Å²) < 4.78 is 0. The van der Waals surface area contributed by atoms with Gasteiger partial charge in [-0.1, -0.05) is 6.92 Å². The summed E-state index contributed by atoms with van der Waals surface area (Å²) in [6.07, 6.45) is 1.04. The zero-order valence-electron chi connectivity index (χ0n) is 10.1. The fraction of sp³-hybridized carbons (Fsp3) is 0.455. The first-order valence-corrected chi connectivity index (χ1v) is 5.51. The van der Waals surface area contributed by atoms with Gasteiger partial charge in [0.15, 0.2) is 0 Å². The molecule has 0 bridgehead atoms. The number of nitrogen functional groups attached to an aromatic ring is 1. The minimum Gasteiger partial charge on any atom is -0.324 e. The van der Waals surface area contributed by atoms with E-state index in [0.717, 1.165) is 24.2 Å². The molecule has 1 rings (SSSR count). The van der Waals surface area contributed by atoms with Gasteiger partial charge in [-0.3, -0.25) is 16.0 Å². The van der Waals surface area contributed by atoms with Gasteiger partial charge in [-0.15, -0.1) is 0 Å². The third-order valence-electron chi connectivity index (χ3n) is 2.50. The number of nitrogens with zero attached hydrogens (tertiary/aromatic N) is 2. The molecule has 0 spiro atoms. The number of non-ortho nitro benzene ring substituents is 1. The van der Waals surface area contributed by atoms with Crippen molar-refractivity contribution in [3.63, 3.8) is 0 Å². The van der Waals surface area contributed by atoms with Crippen molar-refractivity contribution >= 4 is 11.4 Å². The van der Waals surface area contributed by atoms with Gasteiger partial charge in [-0.25, -0.2) is 0 Å². The molecule has 0 saturated carbocycles. The summed E-state index contributed by atoms with van der Waals surface area (Å²) in [7, 11) is 1.97. The second-order valence-corrected chi connectivity index (χ2v) is 3.98. The molecule has 3 N–H and O–H groups in total. The molecule has 0 atom stereocenters. The van der Waals surface area contributed by atoms with Crippen molar-refractivity contribution in [2.45, 2.75) is 19.9 Å². The molecule has 0 amide bonds. The maximum absolute atomic E-state index is 10.7. The van der Waals surface area contributed by atoms with E-state index in [1.54, 1.807) is 12.1 Å². The Balaban J connectivity index is 2.93. The molecule has 0 radical (unpaired) electrons. The molecule has 6 heteroatoms. The number of nitrogens with two attached hydrogens (primary N) is 1. The molecule has 94 valence electrons. The Labute approximate surface area is 101 Å². The lowest BCUT2D eigenvalue weighted by Gasteiger charge is -2.17. The maximum Gasteiger partial charge on any atom is 0.269 e. The molecule has 0 fully saturated rings. The minimum atomic E-state index is -0.399. The first-order chi connectivity index (χ1) is 8.08. The molecule has 6 nitrogen and oxygen atoms in total. The standard InChI is InChI=1S/C11H18N4O2/c1-3-6-14(2)8-9-7-10(15(16)17)4-5-11(9)13-12/h4-5,7,13H,3,6,8,12H2,1-2H3. The Bertz CT molecular complexity index is 395. The lowest BCUT2D eigenvalue weighted by molar-refractivity contribution is -0.384. The van der Waals surface area contributed by atoms with Crippen molar-refractivity contribution in [2.75, 3.05) is 19.0 Å². The van der Waals surface area contributed by atoms with Crippen molar-refractivity contribution in [1.82, 2.24) is 4.90 Å². The topological polar surface area (TPSA) is 84.4 Å². The Morgan fingerprint density at radius 3 is 2.76 bits per heavy atom. The highest BCUT2D eigenvalue weighted by molar-refractivity contribution is 5.55. The van der Waals surface area contributed by atoms with Crippen LogP contribution in [0.3, 0.4) is 0 Å². The number of hydrogen-bond donors (Lipinski definition) is 2. The molecule has 0 unspecified atom stereocenters. The number of nitrogens with one attached hydrogen (secondary N) is 1. The summed E-state index contributed by atoms with van der Waals surface area (Å²) in [5.41, 5.74) is 4.20. The Morgan fingerprint density at radius 1 is 1.53 bits per heavy atom. The minimum absolute atomic E-state index is 0.0869. The van der Waals surface area contributed by atoms with E-state index in [1.807, 2.05) is 7.05 Å². The maximum atomic E-state index is 10.7. The van der Waals surface area contributed by atoms with Crippen LogP contribution in [0.4, 0.5) is 11.4 Å². The van der Waals surface area contributed by atoms with Gasteiger partial charge in [0.1, 0.15) is 0 Å². The summed E-state index contributed by atoms with van der Waals surface area (Å²) in [5.74, 6) is 5.39. The first kappa shape index (κ1) is 13.4. The van der Waals surface area contributed by atoms with Crippen LogP contribution in [-0.4, -0.2) is 23.4 Å². The van der Waals surface area contributed by atoms with Crippen LogP contribution in [0.1, 0.15) is 18.9 Å². The quantitative estimate of drug-likeness (QED) is 0.448. The second kappa shape index (κ2) is 6.17. The summed E-state index contributed by atoms with van der Waals surface area (Å²) in [4.78, 5) is 12.4. The van der Waals surface area contributed by atoms with Crippen LogP contribution in [-0.2, 0) is 6.54 Å². The van der Waals surface area contributed by atoms with Crippen molar-refractivity contribution in [3.05, 3.63) is 33.9 Å². The summed E-state index contributed by atoms with van der Waals surface area (Å²) in [6.45, 7) is 3.66. The van der Waals surface area contributed by atoms with Gasteiger partial charge in [-0.05, 0) is 31.6 Å². The SMILES string of the molecule is CCCN(C)Cc1cc([N+](=O)[O-])ccc1NN. The average molecular weight is 238 g/mol.